The number of hydrogen-bond acceptors (Lipinski definition) is 2. The maximum Gasteiger partial charge on any atom is 0.225 e. The summed E-state index contributed by atoms with van der Waals surface area (Å²) in [7, 11) is 0. The Kier molecular flexibility index (Phi) is 4.81. The molecule has 0 heterocycles. The van der Waals surface area contributed by atoms with Crippen LogP contribution in [-0.2, 0) is 17.6 Å². The van der Waals surface area contributed by atoms with E-state index < -0.39 is 0 Å². The zero-order valence-corrected chi connectivity index (χ0v) is 12.8. The largest absolute Gasteiger partial charge is 0.354 e. The van der Waals surface area contributed by atoms with Gasteiger partial charge in [0, 0.05) is 24.5 Å². The summed E-state index contributed by atoms with van der Waals surface area (Å²) < 4.78 is 0. The molecule has 0 aliphatic heterocycles. The molecule has 3 heteroatoms. The molecule has 20 heavy (non-hydrogen) atoms. The van der Waals surface area contributed by atoms with Crippen molar-refractivity contribution in [3.05, 3.63) is 35.4 Å². The zero-order valence-electron chi connectivity index (χ0n) is 12.8. The first-order valence-corrected chi connectivity index (χ1v) is 7.55. The highest BCUT2D eigenvalue weighted by atomic mass is 16.2. The van der Waals surface area contributed by atoms with Gasteiger partial charge in [0.2, 0.25) is 5.91 Å². The van der Waals surface area contributed by atoms with Crippen molar-refractivity contribution in [2.75, 3.05) is 13.1 Å². The lowest BCUT2D eigenvalue weighted by Gasteiger charge is -2.26. The Bertz CT molecular complexity index is 462. The first kappa shape index (κ1) is 15.0. The van der Waals surface area contributed by atoms with E-state index in [9.17, 15) is 4.79 Å². The summed E-state index contributed by atoms with van der Waals surface area (Å²) >= 11 is 0. The third-order valence-electron chi connectivity index (χ3n) is 3.87. The molecule has 1 aliphatic carbocycles. The molecule has 1 amide bonds. The van der Waals surface area contributed by atoms with Crippen molar-refractivity contribution in [2.45, 2.75) is 46.1 Å². The second-order valence-electron chi connectivity index (χ2n) is 6.67. The molecule has 0 saturated carbocycles. The quantitative estimate of drug-likeness (QED) is 0.827. The van der Waals surface area contributed by atoms with Gasteiger partial charge in [-0.2, -0.15) is 0 Å². The van der Waals surface area contributed by atoms with Crippen LogP contribution in [0.5, 0.6) is 0 Å². The molecule has 1 aromatic rings. The van der Waals surface area contributed by atoms with Gasteiger partial charge >= 0.3 is 0 Å². The fourth-order valence-corrected chi connectivity index (χ4v) is 2.59. The van der Waals surface area contributed by atoms with Gasteiger partial charge < -0.3 is 10.6 Å². The van der Waals surface area contributed by atoms with E-state index in [2.05, 4.69) is 34.9 Å². The van der Waals surface area contributed by atoms with E-state index in [1.165, 1.54) is 17.5 Å². The lowest BCUT2D eigenvalue weighted by molar-refractivity contribution is -0.128. The van der Waals surface area contributed by atoms with E-state index in [0.29, 0.717) is 12.6 Å². The average Bonchev–Trinajstić information content (AvgIpc) is 2.42. The van der Waals surface area contributed by atoms with Gasteiger partial charge in [0.05, 0.1) is 0 Å². The van der Waals surface area contributed by atoms with Gasteiger partial charge in [-0.1, -0.05) is 45.0 Å². The number of fused-ring (bicyclic) bond motifs is 1. The van der Waals surface area contributed by atoms with Crippen molar-refractivity contribution < 1.29 is 4.79 Å². The summed E-state index contributed by atoms with van der Waals surface area (Å²) in [5.74, 6) is 0.119. The van der Waals surface area contributed by atoms with Crippen LogP contribution < -0.4 is 10.6 Å². The maximum atomic E-state index is 11.7. The molecule has 0 spiro atoms. The van der Waals surface area contributed by atoms with Crippen LogP contribution >= 0.6 is 0 Å². The van der Waals surface area contributed by atoms with Crippen LogP contribution in [-0.4, -0.2) is 25.0 Å². The number of carbonyl (C=O) groups excluding carboxylic acids is 1. The normalized spacial score (nSPS) is 18.4. The van der Waals surface area contributed by atoms with Crippen LogP contribution in [0.4, 0.5) is 0 Å². The molecular formula is C17H26N2O. The topological polar surface area (TPSA) is 41.1 Å². The van der Waals surface area contributed by atoms with Crippen LogP contribution in [0.25, 0.3) is 0 Å². The highest BCUT2D eigenvalue weighted by Crippen LogP contribution is 2.20. The Morgan fingerprint density at radius 2 is 1.90 bits per heavy atom. The molecule has 1 aromatic carbocycles. The number of benzene rings is 1. The minimum absolute atomic E-state index is 0.119. The molecule has 1 aliphatic rings. The molecule has 2 rings (SSSR count). The molecule has 0 saturated heterocycles. The second kappa shape index (κ2) is 6.40. The number of hydrogen-bond donors (Lipinski definition) is 2. The Labute approximate surface area is 122 Å². The summed E-state index contributed by atoms with van der Waals surface area (Å²) in [6.07, 6.45) is 3.44. The van der Waals surface area contributed by atoms with E-state index in [0.717, 1.165) is 19.4 Å². The van der Waals surface area contributed by atoms with E-state index in [1.807, 2.05) is 20.8 Å². The minimum atomic E-state index is -0.302. The first-order chi connectivity index (χ1) is 9.47. The highest BCUT2D eigenvalue weighted by Gasteiger charge is 2.21. The summed E-state index contributed by atoms with van der Waals surface area (Å²) in [6, 6.07) is 9.23. The molecule has 0 radical (unpaired) electrons. The highest BCUT2D eigenvalue weighted by molar-refractivity contribution is 5.81. The minimum Gasteiger partial charge on any atom is -0.354 e. The van der Waals surface area contributed by atoms with E-state index in [-0.39, 0.29) is 11.3 Å². The van der Waals surface area contributed by atoms with Gasteiger partial charge in [-0.25, -0.2) is 0 Å². The van der Waals surface area contributed by atoms with Crippen molar-refractivity contribution in [1.29, 1.82) is 0 Å². The molecule has 1 atom stereocenters. The first-order valence-electron chi connectivity index (χ1n) is 7.55. The standard InChI is InChI=1S/C17H26N2O/c1-17(2,3)16(20)19-11-10-18-15-9-8-13-6-4-5-7-14(13)12-15/h4-7,15,18H,8-12H2,1-3H3,(H,19,20). The smallest absolute Gasteiger partial charge is 0.225 e. The van der Waals surface area contributed by atoms with Crippen LogP contribution in [0.3, 0.4) is 0 Å². The van der Waals surface area contributed by atoms with Gasteiger partial charge in [0.1, 0.15) is 0 Å². The van der Waals surface area contributed by atoms with Crippen LogP contribution in [0.1, 0.15) is 38.3 Å². The number of amides is 1. The predicted octanol–water partition coefficient (Wildman–Crippen LogP) is 2.30. The van der Waals surface area contributed by atoms with Crippen molar-refractivity contribution in [3.8, 4) is 0 Å². The van der Waals surface area contributed by atoms with Crippen LogP contribution in [0.2, 0.25) is 0 Å². The Morgan fingerprint density at radius 1 is 1.20 bits per heavy atom. The van der Waals surface area contributed by atoms with Crippen molar-refractivity contribution in [1.82, 2.24) is 10.6 Å². The molecule has 0 fully saturated rings. The second-order valence-corrected chi connectivity index (χ2v) is 6.67. The van der Waals surface area contributed by atoms with Gasteiger partial charge in [-0.05, 0) is 30.4 Å². The molecule has 0 aromatic heterocycles. The summed E-state index contributed by atoms with van der Waals surface area (Å²) in [4.78, 5) is 11.7. The van der Waals surface area contributed by atoms with Gasteiger partial charge in [0.25, 0.3) is 0 Å². The van der Waals surface area contributed by atoms with E-state index in [1.54, 1.807) is 0 Å². The van der Waals surface area contributed by atoms with Crippen LogP contribution in [0, 0.1) is 5.41 Å². The fourth-order valence-electron chi connectivity index (χ4n) is 2.59. The number of nitrogens with one attached hydrogen (secondary N) is 2. The summed E-state index contributed by atoms with van der Waals surface area (Å²) in [5, 5.41) is 6.53. The van der Waals surface area contributed by atoms with Gasteiger partial charge in [-0.3, -0.25) is 4.79 Å². The third kappa shape index (κ3) is 4.07. The Hall–Kier alpha value is -1.35. The van der Waals surface area contributed by atoms with E-state index >= 15 is 0 Å². The number of carbonyl (C=O) groups is 1. The molecule has 0 bridgehead atoms. The lowest BCUT2D eigenvalue weighted by Crippen LogP contribution is -2.42. The summed E-state index contributed by atoms with van der Waals surface area (Å²) in [5.41, 5.74) is 2.66. The zero-order chi connectivity index (χ0) is 14.6. The Balaban J connectivity index is 1.70. The van der Waals surface area contributed by atoms with Crippen molar-refractivity contribution >= 4 is 5.91 Å². The molecule has 2 N–H and O–H groups in total. The number of rotatable bonds is 4. The van der Waals surface area contributed by atoms with E-state index in [4.69, 9.17) is 0 Å². The fraction of sp³-hybridized carbons (Fsp3) is 0.588. The van der Waals surface area contributed by atoms with Gasteiger partial charge in [0.15, 0.2) is 0 Å². The molecule has 1 unspecified atom stereocenters. The van der Waals surface area contributed by atoms with Crippen LogP contribution in [0.15, 0.2) is 24.3 Å². The average molecular weight is 274 g/mol. The lowest BCUT2D eigenvalue weighted by atomic mass is 9.88. The predicted molar refractivity (Wildman–Crippen MR) is 82.7 cm³/mol. The van der Waals surface area contributed by atoms with Crippen molar-refractivity contribution in [2.24, 2.45) is 5.41 Å². The number of aryl methyl sites for hydroxylation is 1. The maximum absolute atomic E-state index is 11.7. The summed E-state index contributed by atoms with van der Waals surface area (Å²) in [6.45, 7) is 7.36. The van der Waals surface area contributed by atoms with Gasteiger partial charge in [-0.15, -0.1) is 0 Å². The molecule has 3 nitrogen and oxygen atoms in total. The monoisotopic (exact) mass is 274 g/mol. The molecular weight excluding hydrogens is 248 g/mol. The Morgan fingerprint density at radius 3 is 2.60 bits per heavy atom. The SMILES string of the molecule is CC(C)(C)C(=O)NCCNC1CCc2ccccc2C1. The molecule has 110 valence electrons. The van der Waals surface area contributed by atoms with Crippen molar-refractivity contribution in [3.63, 3.8) is 0 Å². The third-order valence-corrected chi connectivity index (χ3v) is 3.87.